The molecule has 0 aliphatic carbocycles. The second kappa shape index (κ2) is 6.12. The van der Waals surface area contributed by atoms with E-state index in [1.54, 1.807) is 13.8 Å². The van der Waals surface area contributed by atoms with Gasteiger partial charge in [-0.1, -0.05) is 0 Å². The van der Waals surface area contributed by atoms with Crippen molar-refractivity contribution >= 4 is 15.9 Å². The van der Waals surface area contributed by atoms with Crippen LogP contribution in [0.1, 0.15) is 11.4 Å². The Hall–Kier alpha value is -1.45. The van der Waals surface area contributed by atoms with Crippen LogP contribution in [0.2, 0.25) is 0 Å². The zero-order valence-electron chi connectivity index (χ0n) is 12.4. The van der Waals surface area contributed by atoms with Crippen LogP contribution >= 0.6 is 0 Å². The molecule has 8 nitrogen and oxygen atoms in total. The van der Waals surface area contributed by atoms with E-state index in [0.717, 1.165) is 0 Å². The van der Waals surface area contributed by atoms with Gasteiger partial charge in [0.05, 0.1) is 24.6 Å². The molecule has 1 N–H and O–H groups in total. The van der Waals surface area contributed by atoms with Crippen LogP contribution in [-0.2, 0) is 26.1 Å². The number of amides is 1. The average molecular weight is 316 g/mol. The van der Waals surface area contributed by atoms with E-state index in [4.69, 9.17) is 4.74 Å². The molecule has 0 bridgehead atoms. The molecule has 1 aromatic heterocycles. The van der Waals surface area contributed by atoms with Gasteiger partial charge >= 0.3 is 0 Å². The maximum Gasteiger partial charge on any atom is 0.246 e. The number of nitrogens with zero attached hydrogens (tertiary/aromatic N) is 3. The molecule has 0 aromatic carbocycles. The predicted octanol–water partition coefficient (Wildman–Crippen LogP) is -0.733. The van der Waals surface area contributed by atoms with E-state index in [9.17, 15) is 13.2 Å². The highest BCUT2D eigenvalue weighted by Gasteiger charge is 2.32. The number of carbonyl (C=O) groups excluding carboxylic acids is 1. The zero-order chi connectivity index (χ0) is 15.6. The Morgan fingerprint density at radius 1 is 1.33 bits per heavy atom. The maximum atomic E-state index is 12.7. The third-order valence-electron chi connectivity index (χ3n) is 3.46. The number of nitrogens with one attached hydrogen (secondary N) is 1. The molecule has 2 rings (SSSR count). The number of ether oxygens (including phenoxy) is 1. The summed E-state index contributed by atoms with van der Waals surface area (Å²) >= 11 is 0. The Kier molecular flexibility index (Phi) is 4.64. The SMILES string of the molecule is CNC(=O)Cn1nc(C)c(S(=O)(=O)N2CCOCC2)c1C. The van der Waals surface area contributed by atoms with E-state index in [0.29, 0.717) is 37.7 Å². The highest BCUT2D eigenvalue weighted by Crippen LogP contribution is 2.24. The molecule has 1 fully saturated rings. The van der Waals surface area contributed by atoms with Crippen LogP contribution in [0, 0.1) is 13.8 Å². The first-order valence-electron chi connectivity index (χ1n) is 6.70. The fourth-order valence-corrected chi connectivity index (χ4v) is 4.12. The normalized spacial score (nSPS) is 16.9. The first kappa shape index (κ1) is 15.9. The zero-order valence-corrected chi connectivity index (χ0v) is 13.2. The summed E-state index contributed by atoms with van der Waals surface area (Å²) in [6.07, 6.45) is 0. The Morgan fingerprint density at radius 3 is 2.52 bits per heavy atom. The third kappa shape index (κ3) is 3.09. The number of sulfonamides is 1. The van der Waals surface area contributed by atoms with Crippen molar-refractivity contribution in [1.29, 1.82) is 0 Å². The summed E-state index contributed by atoms with van der Waals surface area (Å²) in [4.78, 5) is 11.6. The summed E-state index contributed by atoms with van der Waals surface area (Å²) in [7, 11) is -2.08. The van der Waals surface area contributed by atoms with Crippen molar-refractivity contribution in [2.75, 3.05) is 33.4 Å². The lowest BCUT2D eigenvalue weighted by Crippen LogP contribution is -2.41. The Labute approximate surface area is 124 Å². The molecule has 0 spiro atoms. The van der Waals surface area contributed by atoms with Crippen LogP contribution in [-0.4, -0.2) is 61.8 Å². The van der Waals surface area contributed by atoms with E-state index in [-0.39, 0.29) is 17.3 Å². The highest BCUT2D eigenvalue weighted by molar-refractivity contribution is 7.89. The summed E-state index contributed by atoms with van der Waals surface area (Å²) < 4.78 is 33.4. The number of aromatic nitrogens is 2. The van der Waals surface area contributed by atoms with Gasteiger partial charge < -0.3 is 10.1 Å². The van der Waals surface area contributed by atoms with Gasteiger partial charge in [-0.05, 0) is 13.8 Å². The van der Waals surface area contributed by atoms with Crippen molar-refractivity contribution in [2.45, 2.75) is 25.3 Å². The molecular weight excluding hydrogens is 296 g/mol. The van der Waals surface area contributed by atoms with Gasteiger partial charge in [-0.25, -0.2) is 8.42 Å². The molecule has 118 valence electrons. The molecule has 0 unspecified atom stereocenters. The number of morpholine rings is 1. The first-order valence-corrected chi connectivity index (χ1v) is 8.14. The number of carbonyl (C=O) groups is 1. The van der Waals surface area contributed by atoms with Crippen molar-refractivity contribution in [3.8, 4) is 0 Å². The number of hydrogen-bond acceptors (Lipinski definition) is 5. The van der Waals surface area contributed by atoms with Gasteiger partial charge in [-0.15, -0.1) is 0 Å². The highest BCUT2D eigenvalue weighted by atomic mass is 32.2. The minimum atomic E-state index is -3.61. The van der Waals surface area contributed by atoms with Gasteiger partial charge in [0.1, 0.15) is 11.4 Å². The summed E-state index contributed by atoms with van der Waals surface area (Å²) in [5.41, 5.74) is 0.880. The summed E-state index contributed by atoms with van der Waals surface area (Å²) in [6.45, 7) is 4.76. The standard InChI is InChI=1S/C12H20N4O4S/c1-9-12(10(2)16(14-9)8-11(17)13-3)21(18,19)15-4-6-20-7-5-15/h4-8H2,1-3H3,(H,13,17). The van der Waals surface area contributed by atoms with Crippen LogP contribution in [0.4, 0.5) is 0 Å². The molecule has 1 saturated heterocycles. The lowest BCUT2D eigenvalue weighted by Gasteiger charge is -2.26. The number of likely N-dealkylation sites (N-methyl/N-ethyl adjacent to an activating group) is 1. The summed E-state index contributed by atoms with van der Waals surface area (Å²) in [5.74, 6) is -0.226. The van der Waals surface area contributed by atoms with Gasteiger partial charge in [-0.3, -0.25) is 9.48 Å². The number of aryl methyl sites for hydroxylation is 1. The van der Waals surface area contributed by atoms with E-state index >= 15 is 0 Å². The molecule has 0 radical (unpaired) electrons. The molecule has 1 aliphatic heterocycles. The second-order valence-corrected chi connectivity index (χ2v) is 6.72. The van der Waals surface area contributed by atoms with Gasteiger partial charge in [-0.2, -0.15) is 9.40 Å². The third-order valence-corrected chi connectivity index (χ3v) is 5.61. The van der Waals surface area contributed by atoms with Crippen molar-refractivity contribution in [3.05, 3.63) is 11.4 Å². The molecule has 0 atom stereocenters. The molecule has 1 amide bonds. The Bertz CT molecular complexity index is 632. The Balaban J connectivity index is 2.37. The quantitative estimate of drug-likeness (QED) is 0.790. The summed E-state index contributed by atoms with van der Waals surface area (Å²) in [6, 6.07) is 0. The molecule has 2 heterocycles. The van der Waals surface area contributed by atoms with Crippen LogP contribution < -0.4 is 5.32 Å². The molecule has 1 aliphatic rings. The van der Waals surface area contributed by atoms with E-state index in [1.165, 1.54) is 16.0 Å². The fraction of sp³-hybridized carbons (Fsp3) is 0.667. The number of rotatable bonds is 4. The minimum Gasteiger partial charge on any atom is -0.379 e. The van der Waals surface area contributed by atoms with Crippen molar-refractivity contribution in [1.82, 2.24) is 19.4 Å². The van der Waals surface area contributed by atoms with Crippen LogP contribution in [0.5, 0.6) is 0 Å². The van der Waals surface area contributed by atoms with Crippen LogP contribution in [0.15, 0.2) is 4.90 Å². The van der Waals surface area contributed by atoms with Gasteiger partial charge in [0.15, 0.2) is 0 Å². The average Bonchev–Trinajstić information content (AvgIpc) is 2.74. The van der Waals surface area contributed by atoms with Gasteiger partial charge in [0.2, 0.25) is 15.9 Å². The lowest BCUT2D eigenvalue weighted by atomic mass is 10.4. The van der Waals surface area contributed by atoms with E-state index in [1.807, 2.05) is 0 Å². The smallest absolute Gasteiger partial charge is 0.246 e. The van der Waals surface area contributed by atoms with Gasteiger partial charge in [0, 0.05) is 20.1 Å². The van der Waals surface area contributed by atoms with E-state index < -0.39 is 10.0 Å². The fourth-order valence-electron chi connectivity index (χ4n) is 2.34. The van der Waals surface area contributed by atoms with Gasteiger partial charge in [0.25, 0.3) is 0 Å². The monoisotopic (exact) mass is 316 g/mol. The predicted molar refractivity (Wildman–Crippen MR) is 75.3 cm³/mol. The maximum absolute atomic E-state index is 12.7. The minimum absolute atomic E-state index is 0.00179. The first-order chi connectivity index (χ1) is 9.87. The largest absolute Gasteiger partial charge is 0.379 e. The van der Waals surface area contributed by atoms with Crippen LogP contribution in [0.25, 0.3) is 0 Å². The van der Waals surface area contributed by atoms with Crippen molar-refractivity contribution < 1.29 is 17.9 Å². The molecule has 1 aromatic rings. The number of hydrogen-bond donors (Lipinski definition) is 1. The lowest BCUT2D eigenvalue weighted by molar-refractivity contribution is -0.121. The second-order valence-electron chi connectivity index (χ2n) is 4.85. The van der Waals surface area contributed by atoms with Crippen molar-refractivity contribution in [3.63, 3.8) is 0 Å². The molecule has 0 saturated carbocycles. The molecule has 21 heavy (non-hydrogen) atoms. The Morgan fingerprint density at radius 2 is 1.95 bits per heavy atom. The van der Waals surface area contributed by atoms with Crippen molar-refractivity contribution in [2.24, 2.45) is 0 Å². The summed E-state index contributed by atoms with van der Waals surface area (Å²) in [5, 5.41) is 6.67. The topological polar surface area (TPSA) is 93.5 Å². The molecular formula is C12H20N4O4S. The van der Waals surface area contributed by atoms with E-state index in [2.05, 4.69) is 10.4 Å². The van der Waals surface area contributed by atoms with Crippen LogP contribution in [0.3, 0.4) is 0 Å². The molecule has 9 heteroatoms.